The molecule has 0 spiro atoms. The molecular formula is C25H23N3O5S. The smallest absolute Gasteiger partial charge is 0.344 e. The fraction of sp³-hybridized carbons (Fsp3) is 0.280. The van der Waals surface area contributed by atoms with Crippen molar-refractivity contribution in [1.82, 2.24) is 4.98 Å². The summed E-state index contributed by atoms with van der Waals surface area (Å²) < 4.78 is 10.7. The van der Waals surface area contributed by atoms with Crippen LogP contribution in [0.5, 0.6) is 5.75 Å². The van der Waals surface area contributed by atoms with Gasteiger partial charge in [0.25, 0.3) is 5.91 Å². The first-order chi connectivity index (χ1) is 16.5. The van der Waals surface area contributed by atoms with Crippen LogP contribution < -0.4 is 15.0 Å². The number of aryl methyl sites for hydroxylation is 2. The minimum atomic E-state index is -0.618. The van der Waals surface area contributed by atoms with Crippen LogP contribution in [-0.4, -0.2) is 42.5 Å². The van der Waals surface area contributed by atoms with Gasteiger partial charge in [-0.15, -0.1) is 11.3 Å². The summed E-state index contributed by atoms with van der Waals surface area (Å²) in [4.78, 5) is 42.5. The van der Waals surface area contributed by atoms with E-state index >= 15 is 0 Å². The van der Waals surface area contributed by atoms with Gasteiger partial charge in [-0.3, -0.25) is 9.59 Å². The number of carbonyl (C=O) groups excluding carboxylic acids is 3. The van der Waals surface area contributed by atoms with Crippen LogP contribution in [0.2, 0.25) is 0 Å². The summed E-state index contributed by atoms with van der Waals surface area (Å²) in [6, 6.07) is 11.2. The number of thiazole rings is 1. The van der Waals surface area contributed by atoms with E-state index in [-0.39, 0.29) is 25.0 Å². The van der Waals surface area contributed by atoms with Crippen LogP contribution in [0.15, 0.2) is 41.8 Å². The molecule has 1 aromatic heterocycles. The monoisotopic (exact) mass is 477 g/mol. The molecule has 8 nitrogen and oxygen atoms in total. The Morgan fingerprint density at radius 1 is 1.09 bits per heavy atom. The normalized spacial score (nSPS) is 14.3. The zero-order valence-electron chi connectivity index (χ0n) is 18.6. The lowest BCUT2D eigenvalue weighted by Gasteiger charge is -2.18. The number of hydrogen-bond donors (Lipinski definition) is 1. The average Bonchev–Trinajstić information content (AvgIpc) is 3.47. The number of nitrogens with one attached hydrogen (secondary N) is 1. The van der Waals surface area contributed by atoms with Gasteiger partial charge in [-0.25, -0.2) is 9.78 Å². The molecule has 0 radical (unpaired) electrons. The summed E-state index contributed by atoms with van der Waals surface area (Å²) in [5.74, 6) is -0.385. The van der Waals surface area contributed by atoms with Gasteiger partial charge < -0.3 is 19.7 Å². The molecule has 0 saturated carbocycles. The topological polar surface area (TPSA) is 97.8 Å². The Labute approximate surface area is 200 Å². The molecule has 2 aliphatic rings. The number of esters is 1. The first-order valence-corrected chi connectivity index (χ1v) is 11.9. The van der Waals surface area contributed by atoms with Gasteiger partial charge in [0.05, 0.1) is 10.7 Å². The van der Waals surface area contributed by atoms with E-state index in [2.05, 4.69) is 16.4 Å². The molecule has 9 heteroatoms. The number of fused-ring (bicyclic) bond motifs is 2. The minimum Gasteiger partial charge on any atom is -0.482 e. The van der Waals surface area contributed by atoms with Crippen molar-refractivity contribution in [3.8, 4) is 17.0 Å². The molecule has 174 valence electrons. The number of anilines is 2. The van der Waals surface area contributed by atoms with E-state index < -0.39 is 5.97 Å². The van der Waals surface area contributed by atoms with Crippen molar-refractivity contribution in [1.29, 1.82) is 0 Å². The van der Waals surface area contributed by atoms with Crippen LogP contribution in [0.1, 0.15) is 22.6 Å². The summed E-state index contributed by atoms with van der Waals surface area (Å²) >= 11 is 1.61. The van der Waals surface area contributed by atoms with Crippen molar-refractivity contribution < 1.29 is 23.9 Å². The summed E-state index contributed by atoms with van der Waals surface area (Å²) in [7, 11) is 0. The quantitative estimate of drug-likeness (QED) is 0.546. The number of rotatable bonds is 6. The van der Waals surface area contributed by atoms with E-state index in [9.17, 15) is 14.4 Å². The molecule has 0 bridgehead atoms. The lowest BCUT2D eigenvalue weighted by molar-refractivity contribution is -0.149. The van der Waals surface area contributed by atoms with E-state index in [0.717, 1.165) is 45.2 Å². The molecule has 0 unspecified atom stereocenters. The van der Waals surface area contributed by atoms with Crippen molar-refractivity contribution in [2.24, 2.45) is 0 Å². The highest BCUT2D eigenvalue weighted by Crippen LogP contribution is 2.33. The number of aromatic nitrogens is 1. The Morgan fingerprint density at radius 2 is 1.97 bits per heavy atom. The molecule has 34 heavy (non-hydrogen) atoms. The van der Waals surface area contributed by atoms with Gasteiger partial charge >= 0.3 is 5.97 Å². The van der Waals surface area contributed by atoms with Gasteiger partial charge in [-0.1, -0.05) is 6.07 Å². The largest absolute Gasteiger partial charge is 0.482 e. The highest BCUT2D eigenvalue weighted by molar-refractivity contribution is 7.09. The predicted octanol–water partition coefficient (Wildman–Crippen LogP) is 3.51. The van der Waals surface area contributed by atoms with E-state index in [0.29, 0.717) is 25.1 Å². The highest BCUT2D eigenvalue weighted by atomic mass is 32.1. The van der Waals surface area contributed by atoms with E-state index in [1.807, 2.05) is 24.4 Å². The Balaban J connectivity index is 1.13. The fourth-order valence-corrected chi connectivity index (χ4v) is 4.79. The van der Waals surface area contributed by atoms with Crippen molar-refractivity contribution in [3.63, 3.8) is 0 Å². The minimum absolute atomic E-state index is 0.00923. The van der Waals surface area contributed by atoms with E-state index in [4.69, 9.17) is 9.47 Å². The second-order valence-electron chi connectivity index (χ2n) is 8.21. The van der Waals surface area contributed by atoms with Gasteiger partial charge in [-0.2, -0.15) is 0 Å². The van der Waals surface area contributed by atoms with Crippen LogP contribution >= 0.6 is 11.3 Å². The third-order valence-corrected chi connectivity index (χ3v) is 6.65. The van der Waals surface area contributed by atoms with E-state index in [1.54, 1.807) is 34.4 Å². The molecule has 0 atom stereocenters. The second kappa shape index (κ2) is 9.26. The lowest BCUT2D eigenvalue weighted by Crippen LogP contribution is -2.33. The van der Waals surface area contributed by atoms with Crippen molar-refractivity contribution in [3.05, 3.63) is 57.9 Å². The van der Waals surface area contributed by atoms with Crippen molar-refractivity contribution >= 4 is 40.5 Å². The second-order valence-corrected chi connectivity index (χ2v) is 9.27. The maximum Gasteiger partial charge on any atom is 0.344 e. The molecule has 5 rings (SSSR count). The molecule has 0 fully saturated rings. The average molecular weight is 478 g/mol. The van der Waals surface area contributed by atoms with Crippen LogP contribution in [-0.2, 0) is 32.0 Å². The Kier molecular flexibility index (Phi) is 6.02. The summed E-state index contributed by atoms with van der Waals surface area (Å²) in [5, 5.41) is 5.84. The molecule has 0 aliphatic carbocycles. The molecular weight excluding hydrogens is 454 g/mol. The van der Waals surface area contributed by atoms with Crippen LogP contribution in [0.4, 0.5) is 11.4 Å². The third-order valence-electron chi connectivity index (χ3n) is 5.88. The van der Waals surface area contributed by atoms with Gasteiger partial charge in [0.2, 0.25) is 5.91 Å². The highest BCUT2D eigenvalue weighted by Gasteiger charge is 2.26. The molecule has 2 amide bonds. The molecule has 3 aromatic rings. The Bertz CT molecular complexity index is 1290. The Morgan fingerprint density at radius 3 is 2.79 bits per heavy atom. The number of carbonyl (C=O) groups is 3. The third kappa shape index (κ3) is 4.65. The molecule has 3 heterocycles. The van der Waals surface area contributed by atoms with Crippen molar-refractivity contribution in [2.45, 2.75) is 26.2 Å². The van der Waals surface area contributed by atoms with Crippen LogP contribution in [0.3, 0.4) is 0 Å². The van der Waals surface area contributed by atoms with Gasteiger partial charge in [0.1, 0.15) is 5.75 Å². The molecule has 2 aliphatic heterocycles. The molecule has 1 N–H and O–H groups in total. The summed E-state index contributed by atoms with van der Waals surface area (Å²) in [6.07, 6.45) is 1.79. The standard InChI is InChI=1S/C25H23N3O5S/c1-15-26-21(14-34-15)16-2-6-22-18(10-16)8-9-28(22)24(30)12-33-25(31)13-32-19-4-5-20-17(11-19)3-7-23(29)27-20/h2,4-6,10-11,14H,3,7-9,12-13H2,1H3,(H,27,29). The van der Waals surface area contributed by atoms with Gasteiger partial charge in [0.15, 0.2) is 13.2 Å². The van der Waals surface area contributed by atoms with E-state index in [1.165, 1.54) is 0 Å². The number of ether oxygens (including phenoxy) is 2. The Hall–Kier alpha value is -3.72. The summed E-state index contributed by atoms with van der Waals surface area (Å²) in [6.45, 7) is 1.88. The first kappa shape index (κ1) is 22.1. The van der Waals surface area contributed by atoms with Crippen LogP contribution in [0, 0.1) is 6.92 Å². The van der Waals surface area contributed by atoms with Gasteiger partial charge in [-0.05, 0) is 61.2 Å². The molecule has 0 saturated heterocycles. The first-order valence-electron chi connectivity index (χ1n) is 11.0. The van der Waals surface area contributed by atoms with Crippen molar-refractivity contribution in [2.75, 3.05) is 30.0 Å². The SMILES string of the molecule is Cc1nc(-c2ccc3c(c2)CCN3C(=O)COC(=O)COc2ccc3c(c2)CCC(=O)N3)cs1. The maximum absolute atomic E-state index is 12.7. The fourth-order valence-electron chi connectivity index (χ4n) is 4.17. The number of nitrogens with zero attached hydrogens (tertiary/aromatic N) is 2. The van der Waals surface area contributed by atoms with Crippen LogP contribution in [0.25, 0.3) is 11.3 Å². The van der Waals surface area contributed by atoms with Gasteiger partial charge in [0, 0.05) is 35.3 Å². The zero-order valence-corrected chi connectivity index (χ0v) is 19.4. The summed E-state index contributed by atoms with van der Waals surface area (Å²) in [5.41, 5.74) is 5.61. The number of hydrogen-bond acceptors (Lipinski definition) is 7. The number of benzene rings is 2. The maximum atomic E-state index is 12.7. The zero-order chi connectivity index (χ0) is 23.7. The predicted molar refractivity (Wildman–Crippen MR) is 128 cm³/mol. The number of amides is 2. The molecule has 2 aromatic carbocycles. The lowest BCUT2D eigenvalue weighted by atomic mass is 10.0.